The van der Waals surface area contributed by atoms with E-state index in [0.29, 0.717) is 59.1 Å². The van der Waals surface area contributed by atoms with Crippen LogP contribution in [0.4, 0.5) is 26.5 Å². The Bertz CT molecular complexity index is 3060. The van der Waals surface area contributed by atoms with E-state index >= 15 is 0 Å². The highest BCUT2D eigenvalue weighted by Crippen LogP contribution is 2.50. The van der Waals surface area contributed by atoms with Crippen LogP contribution in [0, 0.1) is 5.82 Å². The lowest BCUT2D eigenvalue weighted by atomic mass is 10.0. The fourth-order valence-corrected chi connectivity index (χ4v) is 10.00. The molecule has 3 aliphatic heterocycles. The van der Waals surface area contributed by atoms with Crippen molar-refractivity contribution in [3.05, 3.63) is 101 Å². The fraction of sp³-hybridized carbons (Fsp3) is 0.455. The van der Waals surface area contributed by atoms with E-state index in [0.717, 1.165) is 24.9 Å². The number of aliphatic hydroxyl groups is 2. The van der Waals surface area contributed by atoms with Gasteiger partial charge in [-0.1, -0.05) is 24.3 Å². The molecule has 78 heavy (non-hydrogen) atoms. The quantitative estimate of drug-likeness (QED) is 0.0294. The van der Waals surface area contributed by atoms with Gasteiger partial charge in [-0.25, -0.2) is 42.9 Å². The first-order valence-electron chi connectivity index (χ1n) is 23.6. The molecule has 2 aromatic carbocycles. The molecule has 0 aliphatic carbocycles. The third kappa shape index (κ3) is 14.4. The summed E-state index contributed by atoms with van der Waals surface area (Å²) in [6, 6.07) is 8.61. The Balaban J connectivity index is 1.07. The van der Waals surface area contributed by atoms with Crippen LogP contribution in [-0.4, -0.2) is 189 Å². The van der Waals surface area contributed by atoms with Gasteiger partial charge in [0, 0.05) is 31.5 Å². The zero-order valence-corrected chi connectivity index (χ0v) is 42.6. The summed E-state index contributed by atoms with van der Waals surface area (Å²) in [5.74, 6) is -2.85. The summed E-state index contributed by atoms with van der Waals surface area (Å²) in [7, 11) is -10.9. The Hall–Kier alpha value is -6.45. The number of aliphatic carboxylic acids is 1. The number of amides is 2. The molecule has 0 saturated carbocycles. The van der Waals surface area contributed by atoms with Crippen molar-refractivity contribution >= 4 is 62.1 Å². The molecule has 5 unspecified atom stereocenters. The van der Waals surface area contributed by atoms with Gasteiger partial charge in [0.25, 0.3) is 0 Å². The van der Waals surface area contributed by atoms with E-state index in [1.165, 1.54) is 53.1 Å². The molecule has 3 fully saturated rings. The summed E-state index contributed by atoms with van der Waals surface area (Å²) in [6.45, 7) is -1.13. The number of nitrogens with two attached hydrogens (primary N) is 2. The first kappa shape index (κ1) is 57.7. The maximum Gasteiger partial charge on any atom is 0.472 e. The molecule has 0 bridgehead atoms. The lowest BCUT2D eigenvalue weighted by Crippen LogP contribution is -2.59. The van der Waals surface area contributed by atoms with Crippen LogP contribution in [-0.2, 0) is 69.0 Å². The van der Waals surface area contributed by atoms with Crippen molar-refractivity contribution in [2.24, 2.45) is 0 Å². The zero-order chi connectivity index (χ0) is 55.9. The van der Waals surface area contributed by atoms with Crippen molar-refractivity contribution in [2.75, 3.05) is 76.1 Å². The number of carbonyl (C=O) groups excluding carboxylic acids is 2. The number of carbonyl (C=O) groups is 3. The van der Waals surface area contributed by atoms with Crippen LogP contribution in [0.15, 0.2) is 78.2 Å². The van der Waals surface area contributed by atoms with E-state index in [9.17, 15) is 62.7 Å². The predicted molar refractivity (Wildman–Crippen MR) is 262 cm³/mol. The van der Waals surface area contributed by atoms with Gasteiger partial charge < -0.3 is 70.5 Å². The molecular weight excluding hydrogens is 1080 g/mol. The molecule has 3 aliphatic rings. The zero-order valence-electron chi connectivity index (χ0n) is 40.8. The lowest BCUT2D eigenvalue weighted by molar-refractivity contribution is -0.148. The molecule has 2 amide bonds. The number of fused-ring (bicyclic) bond motifs is 1. The first-order valence-corrected chi connectivity index (χ1v) is 26.7. The molecule has 31 nitrogen and oxygen atoms in total. The number of rotatable bonds is 23. The maximum atomic E-state index is 14.6. The molecular formula is C44H54FN11O20P2. The number of nitrogen functional groups attached to an aromatic ring is 2. The largest absolute Gasteiger partial charge is 0.480 e. The van der Waals surface area contributed by atoms with Crippen molar-refractivity contribution in [1.29, 1.82) is 0 Å². The summed E-state index contributed by atoms with van der Waals surface area (Å²) in [5.41, 5.74) is 11.8. The Morgan fingerprint density at radius 1 is 0.885 bits per heavy atom. The van der Waals surface area contributed by atoms with E-state index in [2.05, 4.69) is 29.8 Å². The number of phosphoric acid groups is 2. The minimum atomic E-state index is -5.62. The number of carboxylic acid groups (broad SMARTS) is 1. The molecule has 3 saturated heterocycles. The summed E-state index contributed by atoms with van der Waals surface area (Å²) in [5, 5.41) is 37.3. The van der Waals surface area contributed by atoms with Crippen molar-refractivity contribution in [2.45, 2.75) is 68.1 Å². The van der Waals surface area contributed by atoms with Gasteiger partial charge >= 0.3 is 33.4 Å². The lowest BCUT2D eigenvalue weighted by Gasteiger charge is -2.36. The average Bonchev–Trinajstić information content (AvgIpc) is 4.26. The Kier molecular flexibility index (Phi) is 18.6. The highest BCUT2D eigenvalue weighted by atomic mass is 31.2. The Labute approximate surface area is 440 Å². The van der Waals surface area contributed by atoms with Gasteiger partial charge in [0.05, 0.1) is 58.4 Å². The number of phosphoric ester groups is 2. The topological polar surface area (TPSA) is 430 Å². The molecule has 0 radical (unpaired) electrons. The highest BCUT2D eigenvalue weighted by molar-refractivity contribution is 7.47. The number of aromatic nitrogens is 6. The number of imidazole rings is 1. The number of ether oxygens (including phenoxy) is 5. The normalized spacial score (nSPS) is 23.9. The van der Waals surface area contributed by atoms with Crippen molar-refractivity contribution in [3.63, 3.8) is 0 Å². The van der Waals surface area contributed by atoms with Crippen LogP contribution in [0.2, 0.25) is 0 Å². The number of nitrogens with zero attached hydrogens (tertiary/aromatic N) is 8. The average molecular weight is 1140 g/mol. The van der Waals surface area contributed by atoms with Gasteiger partial charge in [-0.05, 0) is 41.5 Å². The van der Waals surface area contributed by atoms with Crippen LogP contribution in [0.5, 0.6) is 0 Å². The number of halogens is 1. The van der Waals surface area contributed by atoms with Gasteiger partial charge in [-0.15, -0.1) is 0 Å². The number of benzene rings is 2. The van der Waals surface area contributed by atoms with Crippen LogP contribution >= 0.6 is 15.6 Å². The Morgan fingerprint density at radius 2 is 1.56 bits per heavy atom. The van der Waals surface area contributed by atoms with Crippen LogP contribution in [0.1, 0.15) is 23.6 Å². The molecule has 3 aromatic heterocycles. The van der Waals surface area contributed by atoms with Gasteiger partial charge in [0.15, 0.2) is 30.0 Å². The van der Waals surface area contributed by atoms with E-state index in [4.69, 9.17) is 44.2 Å². The van der Waals surface area contributed by atoms with Gasteiger partial charge in [0.1, 0.15) is 60.6 Å². The molecule has 10 atom stereocenters. The number of hydrogen-bond donors (Lipinski definition) is 9. The highest BCUT2D eigenvalue weighted by Gasteiger charge is 2.55. The maximum absolute atomic E-state index is 14.6. The number of morpholine rings is 1. The van der Waals surface area contributed by atoms with Crippen molar-refractivity contribution < 1.29 is 95.2 Å². The molecule has 11 N–H and O–H groups in total. The molecule has 34 heteroatoms. The number of carboxylic acids is 1. The molecule has 6 heterocycles. The van der Waals surface area contributed by atoms with E-state index in [1.807, 2.05) is 4.90 Å². The minimum absolute atomic E-state index is 0.0165. The monoisotopic (exact) mass is 1140 g/mol. The number of hydrogen-bond acceptors (Lipinski definition) is 23. The predicted octanol–water partition coefficient (Wildman–Crippen LogP) is -0.495. The number of aliphatic hydroxyl groups excluding tert-OH is 2. The molecule has 422 valence electrons. The molecule has 0 spiro atoms. The molecule has 8 rings (SSSR count). The van der Waals surface area contributed by atoms with Gasteiger partial charge in [-0.2, -0.15) is 4.98 Å². The second-order valence-corrected chi connectivity index (χ2v) is 20.4. The summed E-state index contributed by atoms with van der Waals surface area (Å²) < 4.78 is 85.1. The number of anilines is 3. The van der Waals surface area contributed by atoms with E-state index < -0.39 is 127 Å². The minimum Gasteiger partial charge on any atom is -0.480 e. The smallest absolute Gasteiger partial charge is 0.472 e. The molecule has 5 aromatic rings. The second-order valence-electron chi connectivity index (χ2n) is 17.7. The summed E-state index contributed by atoms with van der Waals surface area (Å²) >= 11 is 0. The van der Waals surface area contributed by atoms with Crippen molar-refractivity contribution in [3.8, 4) is 0 Å². The van der Waals surface area contributed by atoms with Gasteiger partial charge in [-0.3, -0.25) is 37.3 Å². The Morgan fingerprint density at radius 3 is 2.26 bits per heavy atom. The van der Waals surface area contributed by atoms with E-state index in [-0.39, 0.29) is 35.8 Å². The second kappa shape index (κ2) is 25.1. The van der Waals surface area contributed by atoms with Gasteiger partial charge in [0.2, 0.25) is 5.91 Å². The first-order chi connectivity index (χ1) is 37.1. The third-order valence-corrected chi connectivity index (χ3v) is 13.9. The third-order valence-electron chi connectivity index (χ3n) is 12.5. The van der Waals surface area contributed by atoms with Crippen LogP contribution in [0.3, 0.4) is 0 Å². The summed E-state index contributed by atoms with van der Waals surface area (Å²) in [6.07, 6.45) is -11.4. The fourth-order valence-electron chi connectivity index (χ4n) is 8.69. The van der Waals surface area contributed by atoms with Crippen LogP contribution in [0.25, 0.3) is 11.2 Å². The SMILES string of the molecule is Nc1ccn([C@@H]2O[C@H](COP(=O)(O)O)[C@@H](OP(=O)(O)OCC3OC(n4cnc5c(N)ncnc54)C(O)C3N(C(=O)OCc3ccc(NC(=O)Cc4ccc(F)cc4)cc3)[C@H](COCCN3CCOCC3)C(=O)O)[C@H]2O)c(=O)n1. The van der Waals surface area contributed by atoms with Crippen LogP contribution < -0.4 is 22.5 Å². The number of nitrogens with one attached hydrogen (secondary N) is 1. The van der Waals surface area contributed by atoms with Crippen molar-refractivity contribution in [1.82, 2.24) is 38.9 Å². The standard InChI is InChI=1S/C44H54FN11O20P2/c45-26-5-1-24(2-6-26)17-32(57)51-27-7-3-25(4-8-27)18-71-44(63)56(28(42(60)61)19-70-16-13-53-11-14-69-15-12-53)34-29(74-40(35(34)58)55-23-50-33-38(47)48-22-49-39(33)55)20-73-78(67,68)76-37-30(21-72-77(64,65)66)75-41(36(37)59)54-10-9-31(46)52-43(54)62/h1-10,22-23,28-30,34-37,40-41,58-59H,11-21H2,(H,51,57)(H,60,61)(H,67,68)(H2,46,52,62)(H2,47,48,49)(H2,64,65,66)/t28-,29?,30-,34?,35?,36-,37-,40?,41-/m1/s1. The van der Waals surface area contributed by atoms with E-state index in [1.54, 1.807) is 0 Å². The summed E-state index contributed by atoms with van der Waals surface area (Å²) in [4.78, 5) is 102.